The highest BCUT2D eigenvalue weighted by Gasteiger charge is 2.20. The highest BCUT2D eigenvalue weighted by Crippen LogP contribution is 2.31. The number of aryl methyl sites for hydroxylation is 3. The Balaban J connectivity index is 1.82. The average Bonchev–Trinajstić information content (AvgIpc) is 2.67. The van der Waals surface area contributed by atoms with Crippen LogP contribution in [0.15, 0.2) is 41.4 Å². The summed E-state index contributed by atoms with van der Waals surface area (Å²) in [5.74, 6) is 0.506. The lowest BCUT2D eigenvalue weighted by atomic mass is 10.0. The van der Waals surface area contributed by atoms with Gasteiger partial charge in [0.15, 0.2) is 0 Å². The molecule has 29 heavy (non-hydrogen) atoms. The Bertz CT molecular complexity index is 1070. The zero-order valence-corrected chi connectivity index (χ0v) is 18.9. The molecule has 0 fully saturated rings. The van der Waals surface area contributed by atoms with E-state index >= 15 is 0 Å². The molecule has 1 amide bonds. The standard InChI is InChI=1S/C23H25ClN2O2S/c1-6-20(23(27)25-16-7-8-19(28-5)18(24)12-16)29-21-11-14(3)17-10-13(2)9-15(4)22(17)26-21/h7-12,20H,6H2,1-5H3,(H,25,27). The second-order valence-corrected chi connectivity index (χ2v) is 8.74. The van der Waals surface area contributed by atoms with Crippen LogP contribution >= 0.6 is 23.4 Å². The van der Waals surface area contributed by atoms with Crippen molar-refractivity contribution >= 4 is 45.9 Å². The van der Waals surface area contributed by atoms with E-state index in [-0.39, 0.29) is 11.2 Å². The summed E-state index contributed by atoms with van der Waals surface area (Å²) in [6, 6.07) is 11.6. The second kappa shape index (κ2) is 9.06. The number of carbonyl (C=O) groups is 1. The Morgan fingerprint density at radius 2 is 1.93 bits per heavy atom. The van der Waals surface area contributed by atoms with Crippen LogP contribution < -0.4 is 10.1 Å². The predicted octanol–water partition coefficient (Wildman–Crippen LogP) is 6.33. The van der Waals surface area contributed by atoms with E-state index in [2.05, 4.69) is 44.3 Å². The normalized spacial score (nSPS) is 12.1. The molecular weight excluding hydrogens is 404 g/mol. The molecule has 1 N–H and O–H groups in total. The Morgan fingerprint density at radius 3 is 2.59 bits per heavy atom. The molecule has 1 unspecified atom stereocenters. The molecule has 1 atom stereocenters. The number of rotatable bonds is 6. The average molecular weight is 429 g/mol. The van der Waals surface area contributed by atoms with E-state index in [1.54, 1.807) is 25.3 Å². The first-order valence-corrected chi connectivity index (χ1v) is 10.8. The number of methoxy groups -OCH3 is 1. The minimum absolute atomic E-state index is 0.0705. The first kappa shape index (κ1) is 21.5. The number of aromatic nitrogens is 1. The highest BCUT2D eigenvalue weighted by molar-refractivity contribution is 8.00. The van der Waals surface area contributed by atoms with Crippen molar-refractivity contribution in [3.05, 3.63) is 58.1 Å². The molecule has 0 spiro atoms. The summed E-state index contributed by atoms with van der Waals surface area (Å²) in [6.45, 7) is 8.26. The molecule has 0 aliphatic rings. The molecule has 0 saturated carbocycles. The molecule has 0 saturated heterocycles. The number of nitrogens with zero attached hydrogens (tertiary/aromatic N) is 1. The lowest BCUT2D eigenvalue weighted by Crippen LogP contribution is -2.24. The fourth-order valence-corrected chi connectivity index (χ4v) is 4.58. The van der Waals surface area contributed by atoms with Crippen molar-refractivity contribution in [1.29, 1.82) is 0 Å². The number of amides is 1. The van der Waals surface area contributed by atoms with Gasteiger partial charge in [-0.2, -0.15) is 0 Å². The van der Waals surface area contributed by atoms with Gasteiger partial charge >= 0.3 is 0 Å². The van der Waals surface area contributed by atoms with Crippen molar-refractivity contribution in [3.63, 3.8) is 0 Å². The first-order chi connectivity index (χ1) is 13.8. The van der Waals surface area contributed by atoms with E-state index in [1.165, 1.54) is 22.9 Å². The van der Waals surface area contributed by atoms with E-state index in [1.807, 2.05) is 6.92 Å². The number of carbonyl (C=O) groups excluding carboxylic acids is 1. The van der Waals surface area contributed by atoms with Gasteiger partial charge in [-0.1, -0.05) is 41.9 Å². The van der Waals surface area contributed by atoms with Crippen LogP contribution in [0.25, 0.3) is 10.9 Å². The van der Waals surface area contributed by atoms with Gasteiger partial charge in [0.2, 0.25) is 5.91 Å². The number of halogens is 1. The fraction of sp³-hybridized carbons (Fsp3) is 0.304. The first-order valence-electron chi connectivity index (χ1n) is 9.52. The predicted molar refractivity (Wildman–Crippen MR) is 123 cm³/mol. The monoisotopic (exact) mass is 428 g/mol. The van der Waals surface area contributed by atoms with E-state index in [4.69, 9.17) is 21.3 Å². The second-order valence-electron chi connectivity index (χ2n) is 7.11. The van der Waals surface area contributed by atoms with Crippen LogP contribution in [0.2, 0.25) is 5.02 Å². The molecule has 0 aliphatic carbocycles. The lowest BCUT2D eigenvalue weighted by Gasteiger charge is -2.16. The molecular formula is C23H25ClN2O2S. The van der Waals surface area contributed by atoms with Crippen LogP contribution in [0.5, 0.6) is 5.75 Å². The highest BCUT2D eigenvalue weighted by atomic mass is 35.5. The van der Waals surface area contributed by atoms with Crippen molar-refractivity contribution in [2.24, 2.45) is 0 Å². The number of nitrogens with one attached hydrogen (secondary N) is 1. The molecule has 2 aromatic carbocycles. The fourth-order valence-electron chi connectivity index (χ4n) is 3.31. The summed E-state index contributed by atoms with van der Waals surface area (Å²) in [5.41, 5.74) is 5.19. The number of thioether (sulfide) groups is 1. The van der Waals surface area contributed by atoms with Crippen LogP contribution in [-0.4, -0.2) is 23.3 Å². The van der Waals surface area contributed by atoms with Gasteiger partial charge in [0.25, 0.3) is 0 Å². The maximum absolute atomic E-state index is 12.8. The minimum Gasteiger partial charge on any atom is -0.495 e. The van der Waals surface area contributed by atoms with Crippen molar-refractivity contribution < 1.29 is 9.53 Å². The van der Waals surface area contributed by atoms with Gasteiger partial charge in [-0.25, -0.2) is 4.98 Å². The van der Waals surface area contributed by atoms with Crippen LogP contribution in [-0.2, 0) is 4.79 Å². The molecule has 0 radical (unpaired) electrons. The molecule has 0 aliphatic heterocycles. The molecule has 4 nitrogen and oxygen atoms in total. The largest absolute Gasteiger partial charge is 0.495 e. The quantitative estimate of drug-likeness (QED) is 0.466. The summed E-state index contributed by atoms with van der Waals surface area (Å²) in [7, 11) is 1.56. The van der Waals surface area contributed by atoms with Gasteiger partial charge in [-0.05, 0) is 68.7 Å². The van der Waals surface area contributed by atoms with Crippen LogP contribution in [0.4, 0.5) is 5.69 Å². The molecule has 3 aromatic rings. The molecule has 152 valence electrons. The zero-order chi connectivity index (χ0) is 21.1. The number of fused-ring (bicyclic) bond motifs is 1. The van der Waals surface area contributed by atoms with Crippen LogP contribution in [0.3, 0.4) is 0 Å². The number of hydrogen-bond donors (Lipinski definition) is 1. The summed E-state index contributed by atoms with van der Waals surface area (Å²) in [5, 5.41) is 5.17. The van der Waals surface area contributed by atoms with E-state index in [0.717, 1.165) is 21.5 Å². The number of ether oxygens (including phenoxy) is 1. The SMILES string of the molecule is CCC(Sc1cc(C)c2cc(C)cc(C)c2n1)C(=O)Nc1ccc(OC)c(Cl)c1. The minimum atomic E-state index is -0.258. The molecule has 1 heterocycles. The Labute approximate surface area is 181 Å². The van der Waals surface area contributed by atoms with Crippen molar-refractivity contribution in [3.8, 4) is 5.75 Å². The maximum atomic E-state index is 12.8. The zero-order valence-electron chi connectivity index (χ0n) is 17.3. The van der Waals surface area contributed by atoms with Gasteiger partial charge in [-0.3, -0.25) is 4.79 Å². The Morgan fingerprint density at radius 1 is 1.17 bits per heavy atom. The Hall–Kier alpha value is -2.24. The van der Waals surface area contributed by atoms with Crippen molar-refractivity contribution in [1.82, 2.24) is 4.98 Å². The number of anilines is 1. The van der Waals surface area contributed by atoms with E-state index in [0.29, 0.717) is 22.9 Å². The van der Waals surface area contributed by atoms with Crippen molar-refractivity contribution in [2.45, 2.75) is 44.4 Å². The number of benzene rings is 2. The number of hydrogen-bond acceptors (Lipinski definition) is 4. The molecule has 3 rings (SSSR count). The van der Waals surface area contributed by atoms with Gasteiger partial charge in [0.05, 0.1) is 27.9 Å². The summed E-state index contributed by atoms with van der Waals surface area (Å²) in [6.07, 6.45) is 0.687. The molecule has 6 heteroatoms. The summed E-state index contributed by atoms with van der Waals surface area (Å²) in [4.78, 5) is 17.7. The third-order valence-electron chi connectivity index (χ3n) is 4.78. The summed E-state index contributed by atoms with van der Waals surface area (Å²) >= 11 is 7.65. The Kier molecular flexibility index (Phi) is 6.70. The van der Waals surface area contributed by atoms with E-state index in [9.17, 15) is 4.79 Å². The van der Waals surface area contributed by atoms with Gasteiger partial charge in [0.1, 0.15) is 5.75 Å². The van der Waals surface area contributed by atoms with Crippen molar-refractivity contribution in [2.75, 3.05) is 12.4 Å². The van der Waals surface area contributed by atoms with Gasteiger partial charge in [-0.15, -0.1) is 0 Å². The van der Waals surface area contributed by atoms with Gasteiger partial charge < -0.3 is 10.1 Å². The topological polar surface area (TPSA) is 51.2 Å². The van der Waals surface area contributed by atoms with Crippen LogP contribution in [0, 0.1) is 20.8 Å². The molecule has 1 aromatic heterocycles. The smallest absolute Gasteiger partial charge is 0.237 e. The number of pyridine rings is 1. The molecule has 0 bridgehead atoms. The van der Waals surface area contributed by atoms with E-state index < -0.39 is 0 Å². The maximum Gasteiger partial charge on any atom is 0.237 e. The third kappa shape index (κ3) is 4.85. The van der Waals surface area contributed by atoms with Crippen LogP contribution in [0.1, 0.15) is 30.0 Å². The summed E-state index contributed by atoms with van der Waals surface area (Å²) < 4.78 is 5.16. The van der Waals surface area contributed by atoms with Gasteiger partial charge in [0, 0.05) is 11.1 Å². The third-order valence-corrected chi connectivity index (χ3v) is 6.36. The lowest BCUT2D eigenvalue weighted by molar-refractivity contribution is -0.115.